The molecule has 7 nitrogen and oxygen atoms in total. The van der Waals surface area contributed by atoms with Crippen LogP contribution in [-0.2, 0) is 14.8 Å². The lowest BCUT2D eigenvalue weighted by Crippen LogP contribution is -2.40. The van der Waals surface area contributed by atoms with Gasteiger partial charge in [-0.25, -0.2) is 13.8 Å². The number of carbonyl (C=O) groups excluding carboxylic acids is 1. The van der Waals surface area contributed by atoms with Gasteiger partial charge in [-0.1, -0.05) is 41.4 Å². The summed E-state index contributed by atoms with van der Waals surface area (Å²) in [6.45, 7) is 3.14. The fourth-order valence-electron chi connectivity index (χ4n) is 3.10. The zero-order valence-electron chi connectivity index (χ0n) is 18.4. The van der Waals surface area contributed by atoms with Gasteiger partial charge in [-0.3, -0.25) is 9.10 Å². The summed E-state index contributed by atoms with van der Waals surface area (Å²) < 4.78 is 33.1. The van der Waals surface area contributed by atoms with Gasteiger partial charge in [0.15, 0.2) is 0 Å². The molecule has 0 fully saturated rings. The summed E-state index contributed by atoms with van der Waals surface area (Å²) in [6, 6.07) is 18.4. The van der Waals surface area contributed by atoms with Crippen LogP contribution in [0.15, 0.2) is 76.7 Å². The van der Waals surface area contributed by atoms with Gasteiger partial charge in [-0.15, -0.1) is 0 Å². The van der Waals surface area contributed by atoms with Gasteiger partial charge in [-0.2, -0.15) is 5.10 Å². The predicted octanol–water partition coefficient (Wildman–Crippen LogP) is 4.31. The van der Waals surface area contributed by atoms with Crippen LogP contribution in [0.25, 0.3) is 0 Å². The smallest absolute Gasteiger partial charge is 0.264 e. The Morgan fingerprint density at radius 2 is 1.82 bits per heavy atom. The fourth-order valence-corrected chi connectivity index (χ4v) is 4.81. The normalized spacial score (nSPS) is 11.4. The SMILES string of the molecule is COc1cccc(/C=N\NC(=O)CN(c2ccc(Cl)cc2C)S(=O)(=O)c2ccc(C)cc2)c1. The number of ether oxygens (including phenoxy) is 1. The summed E-state index contributed by atoms with van der Waals surface area (Å²) in [5.41, 5.74) is 5.00. The number of hydrogen-bond donors (Lipinski definition) is 1. The summed E-state index contributed by atoms with van der Waals surface area (Å²) >= 11 is 6.05. The van der Waals surface area contributed by atoms with E-state index in [4.69, 9.17) is 16.3 Å². The summed E-state index contributed by atoms with van der Waals surface area (Å²) in [5, 5.41) is 4.41. The molecule has 1 N–H and O–H groups in total. The number of nitrogens with zero attached hydrogens (tertiary/aromatic N) is 2. The predicted molar refractivity (Wildman–Crippen MR) is 131 cm³/mol. The molecule has 3 aromatic rings. The minimum Gasteiger partial charge on any atom is -0.497 e. The van der Waals surface area contributed by atoms with Crippen molar-refractivity contribution in [2.45, 2.75) is 18.7 Å². The summed E-state index contributed by atoms with van der Waals surface area (Å²) in [7, 11) is -2.47. The zero-order valence-corrected chi connectivity index (χ0v) is 20.0. The number of halogens is 1. The van der Waals surface area contributed by atoms with Gasteiger partial charge in [0.05, 0.1) is 23.9 Å². The molecule has 0 aromatic heterocycles. The Bertz CT molecular complexity index is 1280. The third kappa shape index (κ3) is 6.12. The maximum absolute atomic E-state index is 13.4. The van der Waals surface area contributed by atoms with Crippen LogP contribution in [0.1, 0.15) is 16.7 Å². The molecule has 33 heavy (non-hydrogen) atoms. The average molecular weight is 486 g/mol. The van der Waals surface area contributed by atoms with Crippen molar-refractivity contribution in [2.75, 3.05) is 18.0 Å². The van der Waals surface area contributed by atoms with Crippen LogP contribution >= 0.6 is 11.6 Å². The Kier molecular flexibility index (Phi) is 7.73. The van der Waals surface area contributed by atoms with Crippen LogP contribution in [0.4, 0.5) is 5.69 Å². The molecular formula is C24H24ClN3O4S. The van der Waals surface area contributed by atoms with Crippen LogP contribution in [0.5, 0.6) is 5.75 Å². The van der Waals surface area contributed by atoms with Gasteiger partial charge in [0, 0.05) is 5.02 Å². The number of methoxy groups -OCH3 is 1. The Morgan fingerprint density at radius 1 is 1.09 bits per heavy atom. The Hall–Kier alpha value is -3.36. The highest BCUT2D eigenvalue weighted by Crippen LogP contribution is 2.29. The second-order valence-corrected chi connectivity index (χ2v) is 9.62. The van der Waals surface area contributed by atoms with Crippen LogP contribution < -0.4 is 14.5 Å². The number of sulfonamides is 1. The maximum Gasteiger partial charge on any atom is 0.264 e. The number of nitrogens with one attached hydrogen (secondary N) is 1. The van der Waals surface area contributed by atoms with E-state index in [1.165, 1.54) is 18.3 Å². The number of hydrogen-bond acceptors (Lipinski definition) is 5. The molecule has 3 rings (SSSR count). The second-order valence-electron chi connectivity index (χ2n) is 7.33. The molecule has 0 aliphatic heterocycles. The highest BCUT2D eigenvalue weighted by atomic mass is 35.5. The zero-order chi connectivity index (χ0) is 24.0. The molecule has 172 valence electrons. The van der Waals surface area contributed by atoms with Crippen LogP contribution in [-0.4, -0.2) is 34.2 Å². The number of hydrazone groups is 1. The van der Waals surface area contributed by atoms with E-state index in [0.717, 1.165) is 9.87 Å². The Balaban J connectivity index is 1.87. The molecule has 0 aliphatic carbocycles. The first-order chi connectivity index (χ1) is 15.7. The number of amides is 1. The average Bonchev–Trinajstić information content (AvgIpc) is 2.78. The van der Waals surface area contributed by atoms with E-state index in [1.807, 2.05) is 6.92 Å². The minimum atomic E-state index is -4.03. The number of aryl methyl sites for hydroxylation is 2. The van der Waals surface area contributed by atoms with E-state index in [9.17, 15) is 13.2 Å². The lowest BCUT2D eigenvalue weighted by molar-refractivity contribution is -0.119. The van der Waals surface area contributed by atoms with Crippen molar-refractivity contribution in [3.63, 3.8) is 0 Å². The molecule has 0 radical (unpaired) electrons. The van der Waals surface area contributed by atoms with E-state index in [1.54, 1.807) is 68.6 Å². The van der Waals surface area contributed by atoms with Crippen molar-refractivity contribution in [1.82, 2.24) is 5.43 Å². The highest BCUT2D eigenvalue weighted by molar-refractivity contribution is 7.92. The Morgan fingerprint density at radius 3 is 2.48 bits per heavy atom. The first-order valence-corrected chi connectivity index (χ1v) is 11.8. The van der Waals surface area contributed by atoms with E-state index < -0.39 is 22.5 Å². The molecule has 0 atom stereocenters. The van der Waals surface area contributed by atoms with Gasteiger partial charge in [0.25, 0.3) is 15.9 Å². The quantitative estimate of drug-likeness (QED) is 0.380. The molecule has 3 aromatic carbocycles. The molecule has 0 aliphatic rings. The van der Waals surface area contributed by atoms with Gasteiger partial charge in [-0.05, 0) is 67.4 Å². The fraction of sp³-hybridized carbons (Fsp3) is 0.167. The molecular weight excluding hydrogens is 462 g/mol. The molecule has 0 spiro atoms. The first kappa shape index (κ1) is 24.3. The van der Waals surface area contributed by atoms with Gasteiger partial charge in [0.2, 0.25) is 0 Å². The maximum atomic E-state index is 13.4. The molecule has 0 unspecified atom stereocenters. The number of anilines is 1. The molecule has 1 amide bonds. The lowest BCUT2D eigenvalue weighted by Gasteiger charge is -2.25. The number of rotatable bonds is 8. The monoisotopic (exact) mass is 485 g/mol. The van der Waals surface area contributed by atoms with Crippen molar-refractivity contribution in [3.05, 3.63) is 88.4 Å². The second kappa shape index (κ2) is 10.5. The van der Waals surface area contributed by atoms with Crippen LogP contribution in [0, 0.1) is 13.8 Å². The van der Waals surface area contributed by atoms with Gasteiger partial charge >= 0.3 is 0 Å². The largest absolute Gasteiger partial charge is 0.497 e. The van der Waals surface area contributed by atoms with Crippen molar-refractivity contribution < 1.29 is 17.9 Å². The van der Waals surface area contributed by atoms with E-state index in [-0.39, 0.29) is 4.90 Å². The summed E-state index contributed by atoms with van der Waals surface area (Å²) in [4.78, 5) is 12.7. The molecule has 0 bridgehead atoms. The molecule has 0 saturated heterocycles. The molecule has 0 heterocycles. The molecule has 9 heteroatoms. The van der Waals surface area contributed by atoms with E-state index >= 15 is 0 Å². The summed E-state index contributed by atoms with van der Waals surface area (Å²) in [6.07, 6.45) is 1.45. The number of carbonyl (C=O) groups is 1. The topological polar surface area (TPSA) is 88.1 Å². The van der Waals surface area contributed by atoms with Crippen LogP contribution in [0.2, 0.25) is 5.02 Å². The third-order valence-corrected chi connectivity index (χ3v) is 6.83. The number of benzene rings is 3. The van der Waals surface area contributed by atoms with Crippen LogP contribution in [0.3, 0.4) is 0 Å². The van der Waals surface area contributed by atoms with Crippen molar-refractivity contribution in [1.29, 1.82) is 0 Å². The first-order valence-electron chi connectivity index (χ1n) is 10.0. The molecule has 0 saturated carbocycles. The van der Waals surface area contributed by atoms with Gasteiger partial charge in [0.1, 0.15) is 12.3 Å². The van der Waals surface area contributed by atoms with Crippen molar-refractivity contribution >= 4 is 39.4 Å². The highest BCUT2D eigenvalue weighted by Gasteiger charge is 2.28. The third-order valence-electron chi connectivity index (χ3n) is 4.82. The van der Waals surface area contributed by atoms with E-state index in [2.05, 4.69) is 10.5 Å². The summed E-state index contributed by atoms with van der Waals surface area (Å²) in [5.74, 6) is 0.0537. The van der Waals surface area contributed by atoms with E-state index in [0.29, 0.717) is 27.6 Å². The van der Waals surface area contributed by atoms with Gasteiger partial charge < -0.3 is 4.74 Å². The lowest BCUT2D eigenvalue weighted by atomic mass is 10.2. The minimum absolute atomic E-state index is 0.0788. The van der Waals surface area contributed by atoms with Crippen molar-refractivity contribution in [3.8, 4) is 5.75 Å². The van der Waals surface area contributed by atoms with Crippen molar-refractivity contribution in [2.24, 2.45) is 5.10 Å². The Labute approximate surface area is 198 Å². The standard InChI is InChI=1S/C24H24ClN3O4S/c1-17-7-10-22(11-8-17)33(30,31)28(23-12-9-20(25)13-18(23)2)16-24(29)27-26-15-19-5-4-6-21(14-19)32-3/h4-15H,16H2,1-3H3,(H,27,29)/b26-15-.